The van der Waals surface area contributed by atoms with E-state index < -0.39 is 17.9 Å². The molecule has 0 bridgehead atoms. The fraction of sp³-hybridized carbons (Fsp3) is 0.400. The van der Waals surface area contributed by atoms with Crippen molar-refractivity contribution in [3.63, 3.8) is 0 Å². The number of amides is 1. The van der Waals surface area contributed by atoms with E-state index in [0.717, 1.165) is 0 Å². The minimum Gasteiger partial charge on any atom is -0.477 e. The first-order chi connectivity index (χ1) is 9.93. The Kier molecular flexibility index (Phi) is 3.26. The van der Waals surface area contributed by atoms with Crippen LogP contribution in [0.4, 0.5) is 0 Å². The highest BCUT2D eigenvalue weighted by Crippen LogP contribution is 2.40. The molecule has 0 radical (unpaired) electrons. The molecule has 110 valence electrons. The van der Waals surface area contributed by atoms with E-state index >= 15 is 0 Å². The number of β-lactam (4-membered cyclic amide) rings is 1. The van der Waals surface area contributed by atoms with Crippen LogP contribution in [-0.2, 0) is 16.6 Å². The number of carbonyl (C=O) groups is 2. The highest BCUT2D eigenvalue weighted by atomic mass is 32.2. The number of aryl methyl sites for hydroxylation is 1. The first-order valence-electron chi connectivity index (χ1n) is 5.87. The Morgan fingerprint density at radius 3 is 2.86 bits per heavy atom. The lowest BCUT2D eigenvalue weighted by atomic mass is 10.0. The second kappa shape index (κ2) is 4.86. The van der Waals surface area contributed by atoms with Crippen LogP contribution in [0.1, 0.15) is 5.82 Å². The van der Waals surface area contributed by atoms with Crippen LogP contribution in [0.25, 0.3) is 0 Å². The topological polar surface area (TPSA) is 127 Å². The van der Waals surface area contributed by atoms with E-state index in [0.29, 0.717) is 11.3 Å². The van der Waals surface area contributed by atoms with Gasteiger partial charge in [0.05, 0.1) is 4.86 Å². The Hall–Kier alpha value is -1.85. The lowest BCUT2D eigenvalue weighted by Crippen LogP contribution is -2.68. The highest BCUT2D eigenvalue weighted by molar-refractivity contribution is 8.00. The van der Waals surface area contributed by atoms with Gasteiger partial charge in [-0.25, -0.2) is 9.48 Å². The number of rotatable bonds is 3. The van der Waals surface area contributed by atoms with Gasteiger partial charge in [-0.15, -0.1) is 16.9 Å². The molecule has 0 spiro atoms. The molecule has 2 aliphatic rings. The lowest BCUT2D eigenvalue weighted by Gasteiger charge is -2.47. The molecule has 1 amide bonds. The molecule has 0 aliphatic carbocycles. The normalized spacial score (nSPS) is 24.7. The molecule has 1 aromatic heterocycles. The van der Waals surface area contributed by atoms with E-state index in [1.54, 1.807) is 7.05 Å². The van der Waals surface area contributed by atoms with Gasteiger partial charge in [0.1, 0.15) is 17.1 Å². The van der Waals surface area contributed by atoms with Crippen molar-refractivity contribution in [2.75, 3.05) is 5.75 Å². The van der Waals surface area contributed by atoms with E-state index in [2.05, 4.69) is 15.5 Å². The van der Waals surface area contributed by atoms with Crippen LogP contribution in [0, 0.1) is 0 Å². The van der Waals surface area contributed by atoms with Crippen molar-refractivity contribution in [3.8, 4) is 0 Å². The predicted octanol–water partition coefficient (Wildman–Crippen LogP) is -1.49. The number of tetrazole rings is 1. The summed E-state index contributed by atoms with van der Waals surface area (Å²) in [6.45, 7) is 0. The van der Waals surface area contributed by atoms with Crippen molar-refractivity contribution >= 4 is 40.7 Å². The Bertz CT molecular complexity index is 699. The first-order valence-corrected chi connectivity index (χ1v) is 7.33. The molecule has 1 fully saturated rings. The smallest absolute Gasteiger partial charge is 0.353 e. The summed E-state index contributed by atoms with van der Waals surface area (Å²) in [5.74, 6) is -1.00. The zero-order valence-corrected chi connectivity index (χ0v) is 12.4. The molecule has 11 heteroatoms. The van der Waals surface area contributed by atoms with Gasteiger partial charge in [-0.05, 0) is 10.4 Å². The molecular formula is C10H10N6O3S2. The number of carboxylic acids is 1. The molecule has 1 saturated heterocycles. The van der Waals surface area contributed by atoms with Crippen LogP contribution in [-0.4, -0.2) is 64.1 Å². The van der Waals surface area contributed by atoms with Crippen LogP contribution in [0.5, 0.6) is 0 Å². The van der Waals surface area contributed by atoms with Gasteiger partial charge in [-0.2, -0.15) is 0 Å². The summed E-state index contributed by atoms with van der Waals surface area (Å²) in [6, 6.07) is -0.670. The van der Waals surface area contributed by atoms with Crippen molar-refractivity contribution < 1.29 is 14.7 Å². The Morgan fingerprint density at radius 1 is 1.57 bits per heavy atom. The molecule has 0 aromatic carbocycles. The van der Waals surface area contributed by atoms with Gasteiger partial charge in [0.2, 0.25) is 5.91 Å². The predicted molar refractivity (Wildman–Crippen MR) is 76.2 cm³/mol. The van der Waals surface area contributed by atoms with E-state index in [1.807, 2.05) is 0 Å². The third kappa shape index (κ3) is 1.96. The van der Waals surface area contributed by atoms with Crippen molar-refractivity contribution in [2.45, 2.75) is 11.4 Å². The summed E-state index contributed by atoms with van der Waals surface area (Å²) in [5, 5.41) is 20.0. The molecule has 21 heavy (non-hydrogen) atoms. The van der Waals surface area contributed by atoms with Crippen LogP contribution in [0.2, 0.25) is 0 Å². The number of aromatic nitrogens is 4. The number of nitrogens with zero attached hydrogens (tertiary/aromatic N) is 5. The van der Waals surface area contributed by atoms with Crippen molar-refractivity contribution in [1.29, 1.82) is 0 Å². The molecule has 3 heterocycles. The van der Waals surface area contributed by atoms with E-state index in [1.165, 1.54) is 21.3 Å². The molecule has 2 atom stereocenters. The molecule has 0 unspecified atom stereocenters. The minimum atomic E-state index is -1.21. The van der Waals surface area contributed by atoms with E-state index in [-0.39, 0.29) is 21.8 Å². The number of thiocarbonyl (C=S) groups is 1. The van der Waals surface area contributed by atoms with Gasteiger partial charge < -0.3 is 10.8 Å². The first kappa shape index (κ1) is 14.1. The summed E-state index contributed by atoms with van der Waals surface area (Å²) < 4.78 is 1.36. The second-order valence-corrected chi connectivity index (χ2v) is 6.04. The molecule has 9 nitrogen and oxygen atoms in total. The average Bonchev–Trinajstić information content (AvgIpc) is 2.90. The molecular weight excluding hydrogens is 316 g/mol. The Labute approximate surface area is 128 Å². The van der Waals surface area contributed by atoms with Gasteiger partial charge in [0.15, 0.2) is 5.82 Å². The Balaban J connectivity index is 2.07. The zero-order chi connectivity index (χ0) is 15.3. The van der Waals surface area contributed by atoms with Crippen LogP contribution in [0.3, 0.4) is 0 Å². The number of carboxylic acid groups (broad SMARTS) is 1. The molecule has 1 aromatic rings. The second-order valence-electron chi connectivity index (χ2n) is 4.52. The van der Waals surface area contributed by atoms with Gasteiger partial charge >= 0.3 is 5.97 Å². The van der Waals surface area contributed by atoms with Gasteiger partial charge in [-0.1, -0.05) is 12.2 Å². The average molecular weight is 326 g/mol. The van der Waals surface area contributed by atoms with Crippen molar-refractivity contribution in [1.82, 2.24) is 25.1 Å². The number of hydrogen-bond donors (Lipinski definition) is 2. The summed E-state index contributed by atoms with van der Waals surface area (Å²) in [5.41, 5.74) is 5.91. The van der Waals surface area contributed by atoms with Gasteiger partial charge in [0.25, 0.3) is 0 Å². The molecule has 0 saturated carbocycles. The maximum Gasteiger partial charge on any atom is 0.353 e. The largest absolute Gasteiger partial charge is 0.477 e. The quantitative estimate of drug-likeness (QED) is 0.388. The number of fused-ring (bicyclic) bond motifs is 1. The van der Waals surface area contributed by atoms with Gasteiger partial charge in [-0.3, -0.25) is 9.69 Å². The van der Waals surface area contributed by atoms with Crippen LogP contribution < -0.4 is 5.73 Å². The van der Waals surface area contributed by atoms with Crippen molar-refractivity contribution in [3.05, 3.63) is 17.1 Å². The number of thioether (sulfide) groups is 1. The van der Waals surface area contributed by atoms with E-state index in [9.17, 15) is 14.7 Å². The monoisotopic (exact) mass is 326 g/mol. The highest BCUT2D eigenvalue weighted by Gasteiger charge is 2.52. The Morgan fingerprint density at radius 2 is 2.29 bits per heavy atom. The minimum absolute atomic E-state index is 0.126. The fourth-order valence-electron chi connectivity index (χ4n) is 2.25. The maximum absolute atomic E-state index is 11.8. The van der Waals surface area contributed by atoms with Crippen molar-refractivity contribution in [2.24, 2.45) is 12.8 Å². The summed E-state index contributed by atoms with van der Waals surface area (Å²) in [6.07, 6.45) is 0. The number of aliphatic carboxylic acids is 1. The van der Waals surface area contributed by atoms with Gasteiger partial charge in [0, 0.05) is 18.4 Å². The maximum atomic E-state index is 11.8. The fourth-order valence-corrected chi connectivity index (χ4v) is 3.98. The standard InChI is InChI=1S/C10H10N6O3S2/c1-15-7(12-13-14-15)6(20)3-2-21-9-4(11)8(17)16(9)5(3)10(18)19/h4,9H,2,11H2,1H3,(H,18,19)/t4-,9-/m0/s1. The van der Waals surface area contributed by atoms with Crippen LogP contribution in [0.15, 0.2) is 11.3 Å². The number of carbonyl (C=O) groups excluding carboxylic acids is 1. The summed E-state index contributed by atoms with van der Waals surface area (Å²) >= 11 is 6.67. The lowest BCUT2D eigenvalue weighted by molar-refractivity contribution is -0.147. The van der Waals surface area contributed by atoms with Crippen LogP contribution >= 0.6 is 24.0 Å². The SMILES string of the molecule is Cn1nnnc1C(=S)C1=C(C(=O)O)N2C(=O)[C@H](N)[C@@H]2SC1. The molecule has 2 aliphatic heterocycles. The van der Waals surface area contributed by atoms with E-state index in [4.69, 9.17) is 18.0 Å². The third-order valence-electron chi connectivity index (χ3n) is 3.31. The third-order valence-corrected chi connectivity index (χ3v) is 5.04. The molecule has 3 rings (SSSR count). The number of hydrogen-bond acceptors (Lipinski definition) is 8. The summed E-state index contributed by atoms with van der Waals surface area (Å²) in [4.78, 5) is 24.8. The molecule has 3 N–H and O–H groups in total. The number of nitrogens with two attached hydrogens (primary N) is 1. The zero-order valence-electron chi connectivity index (χ0n) is 10.8. The summed E-state index contributed by atoms with van der Waals surface area (Å²) in [7, 11) is 1.60.